The molecular weight excluding hydrogens is 283 g/mol. The largest absolute Gasteiger partial charge is 0.457 e. The third-order valence-electron chi connectivity index (χ3n) is 5.74. The van der Waals surface area contributed by atoms with E-state index in [0.717, 1.165) is 12.2 Å². The van der Waals surface area contributed by atoms with Crippen molar-refractivity contribution < 1.29 is 9.31 Å². The minimum atomic E-state index is -0.176. The standard InChI is InChI=1S/C20H41BO2/c1-7-8-9-12-15-18(2)16-13-10-11-14-17-21-22-19(3,4)20(5,6)23-21/h18H,7-17H2,1-6H3. The molecule has 1 unspecified atom stereocenters. The first-order valence-electron chi connectivity index (χ1n) is 10.1. The van der Waals surface area contributed by atoms with Crippen LogP contribution in [0.15, 0.2) is 0 Å². The Morgan fingerprint density at radius 3 is 1.74 bits per heavy atom. The van der Waals surface area contributed by atoms with Crippen molar-refractivity contribution in [2.45, 2.75) is 123 Å². The molecule has 3 heteroatoms. The topological polar surface area (TPSA) is 18.5 Å². The Balaban J connectivity index is 1.98. The van der Waals surface area contributed by atoms with Crippen molar-refractivity contribution >= 4 is 7.12 Å². The summed E-state index contributed by atoms with van der Waals surface area (Å²) in [5.41, 5.74) is -0.351. The normalized spacial score (nSPS) is 20.9. The second-order valence-electron chi connectivity index (χ2n) is 8.63. The van der Waals surface area contributed by atoms with Gasteiger partial charge in [-0.1, -0.05) is 78.1 Å². The summed E-state index contributed by atoms with van der Waals surface area (Å²) >= 11 is 0. The average Bonchev–Trinajstić information content (AvgIpc) is 2.66. The Labute approximate surface area is 146 Å². The molecule has 1 heterocycles. The molecule has 0 bridgehead atoms. The van der Waals surface area contributed by atoms with Gasteiger partial charge in [-0.15, -0.1) is 0 Å². The number of hydrogen-bond acceptors (Lipinski definition) is 2. The van der Waals surface area contributed by atoms with Gasteiger partial charge in [0, 0.05) is 0 Å². The van der Waals surface area contributed by atoms with Gasteiger partial charge in [0.15, 0.2) is 0 Å². The first-order chi connectivity index (χ1) is 10.8. The first kappa shape index (κ1) is 21.0. The highest BCUT2D eigenvalue weighted by atomic mass is 16.7. The van der Waals surface area contributed by atoms with Crippen molar-refractivity contribution in [2.75, 3.05) is 0 Å². The van der Waals surface area contributed by atoms with E-state index in [4.69, 9.17) is 9.31 Å². The van der Waals surface area contributed by atoms with Crippen molar-refractivity contribution in [3.05, 3.63) is 0 Å². The van der Waals surface area contributed by atoms with E-state index in [1.807, 2.05) is 0 Å². The molecule has 1 rings (SSSR count). The van der Waals surface area contributed by atoms with Gasteiger partial charge in [-0.2, -0.15) is 0 Å². The summed E-state index contributed by atoms with van der Waals surface area (Å²) in [6.45, 7) is 13.2. The highest BCUT2D eigenvalue weighted by molar-refractivity contribution is 6.45. The second-order valence-corrected chi connectivity index (χ2v) is 8.63. The Morgan fingerprint density at radius 2 is 1.22 bits per heavy atom. The highest BCUT2D eigenvalue weighted by Gasteiger charge is 2.50. The molecule has 0 N–H and O–H groups in total. The molecule has 0 radical (unpaired) electrons. The Kier molecular flexibility index (Phi) is 9.22. The molecule has 23 heavy (non-hydrogen) atoms. The minimum Gasteiger partial charge on any atom is -0.403 e. The molecule has 0 saturated carbocycles. The number of hydrogen-bond donors (Lipinski definition) is 0. The molecule has 0 aromatic heterocycles. The summed E-state index contributed by atoms with van der Waals surface area (Å²) < 4.78 is 12.1. The van der Waals surface area contributed by atoms with Crippen LogP contribution in [0, 0.1) is 5.92 Å². The van der Waals surface area contributed by atoms with Crippen molar-refractivity contribution in [2.24, 2.45) is 5.92 Å². The van der Waals surface area contributed by atoms with Crippen LogP contribution >= 0.6 is 0 Å². The van der Waals surface area contributed by atoms with E-state index < -0.39 is 0 Å². The van der Waals surface area contributed by atoms with Crippen LogP contribution in [0.4, 0.5) is 0 Å². The van der Waals surface area contributed by atoms with Gasteiger partial charge in [0.1, 0.15) is 0 Å². The zero-order chi connectivity index (χ0) is 17.3. The molecule has 0 aliphatic carbocycles. The van der Waals surface area contributed by atoms with E-state index in [0.29, 0.717) is 0 Å². The molecule has 1 saturated heterocycles. The van der Waals surface area contributed by atoms with Gasteiger partial charge in [0.05, 0.1) is 11.2 Å². The molecule has 1 atom stereocenters. The number of rotatable bonds is 12. The van der Waals surface area contributed by atoms with Crippen LogP contribution in [0.25, 0.3) is 0 Å². The van der Waals surface area contributed by atoms with Crippen LogP contribution in [0.1, 0.15) is 106 Å². The summed E-state index contributed by atoms with van der Waals surface area (Å²) in [6.07, 6.45) is 14.8. The molecule has 2 nitrogen and oxygen atoms in total. The van der Waals surface area contributed by atoms with Crippen molar-refractivity contribution in [1.29, 1.82) is 0 Å². The predicted molar refractivity (Wildman–Crippen MR) is 102 cm³/mol. The van der Waals surface area contributed by atoms with E-state index in [2.05, 4.69) is 41.5 Å². The summed E-state index contributed by atoms with van der Waals surface area (Å²) in [4.78, 5) is 0. The zero-order valence-electron chi connectivity index (χ0n) is 16.7. The smallest absolute Gasteiger partial charge is 0.403 e. The van der Waals surface area contributed by atoms with Crippen LogP contribution in [0.2, 0.25) is 6.32 Å². The van der Waals surface area contributed by atoms with Gasteiger partial charge >= 0.3 is 7.12 Å². The van der Waals surface area contributed by atoms with Gasteiger partial charge in [-0.05, 0) is 39.9 Å². The van der Waals surface area contributed by atoms with Crippen LogP contribution in [0.3, 0.4) is 0 Å². The van der Waals surface area contributed by atoms with Crippen molar-refractivity contribution in [1.82, 2.24) is 0 Å². The van der Waals surface area contributed by atoms with Gasteiger partial charge in [-0.25, -0.2) is 0 Å². The Bertz CT molecular complexity index is 299. The fraction of sp³-hybridized carbons (Fsp3) is 1.00. The van der Waals surface area contributed by atoms with Crippen LogP contribution in [-0.4, -0.2) is 18.3 Å². The lowest BCUT2D eigenvalue weighted by atomic mass is 9.82. The molecular formula is C20H41BO2. The first-order valence-corrected chi connectivity index (χ1v) is 10.1. The van der Waals surface area contributed by atoms with Crippen LogP contribution in [0.5, 0.6) is 0 Å². The van der Waals surface area contributed by atoms with Gasteiger partial charge in [-0.3, -0.25) is 0 Å². The van der Waals surface area contributed by atoms with Crippen molar-refractivity contribution in [3.8, 4) is 0 Å². The highest BCUT2D eigenvalue weighted by Crippen LogP contribution is 2.38. The Hall–Kier alpha value is -0.0151. The van der Waals surface area contributed by atoms with E-state index in [9.17, 15) is 0 Å². The monoisotopic (exact) mass is 324 g/mol. The third-order valence-corrected chi connectivity index (χ3v) is 5.74. The lowest BCUT2D eigenvalue weighted by Gasteiger charge is -2.32. The molecule has 1 aliphatic rings. The SMILES string of the molecule is CCCCCCC(C)CCCCCCB1OC(C)(C)C(C)(C)O1. The third kappa shape index (κ3) is 7.60. The number of unbranched alkanes of at least 4 members (excludes halogenated alkanes) is 6. The van der Waals surface area contributed by atoms with Gasteiger partial charge in [0.2, 0.25) is 0 Å². The van der Waals surface area contributed by atoms with Gasteiger partial charge < -0.3 is 9.31 Å². The second kappa shape index (κ2) is 10.1. The molecule has 1 fully saturated rings. The molecule has 0 aromatic carbocycles. The van der Waals surface area contributed by atoms with Crippen LogP contribution < -0.4 is 0 Å². The lowest BCUT2D eigenvalue weighted by Crippen LogP contribution is -2.41. The maximum Gasteiger partial charge on any atom is 0.457 e. The average molecular weight is 324 g/mol. The summed E-state index contributed by atoms with van der Waals surface area (Å²) in [5, 5.41) is 0. The molecule has 0 spiro atoms. The van der Waals surface area contributed by atoms with Crippen molar-refractivity contribution in [3.63, 3.8) is 0 Å². The predicted octanol–water partition coefficient (Wildman–Crippen LogP) is 6.64. The molecule has 0 aromatic rings. The lowest BCUT2D eigenvalue weighted by molar-refractivity contribution is 0.00578. The minimum absolute atomic E-state index is 0.00232. The fourth-order valence-corrected chi connectivity index (χ4v) is 3.30. The maximum absolute atomic E-state index is 6.05. The summed E-state index contributed by atoms with van der Waals surface area (Å²) in [7, 11) is -0.00232. The van der Waals surface area contributed by atoms with E-state index in [1.165, 1.54) is 64.2 Å². The van der Waals surface area contributed by atoms with E-state index in [1.54, 1.807) is 0 Å². The summed E-state index contributed by atoms with van der Waals surface area (Å²) in [5.74, 6) is 0.912. The zero-order valence-corrected chi connectivity index (χ0v) is 16.7. The summed E-state index contributed by atoms with van der Waals surface area (Å²) in [6, 6.07) is 0. The van der Waals surface area contributed by atoms with Crippen LogP contribution in [-0.2, 0) is 9.31 Å². The maximum atomic E-state index is 6.05. The Morgan fingerprint density at radius 1 is 0.739 bits per heavy atom. The quantitative estimate of drug-likeness (QED) is 0.296. The van der Waals surface area contributed by atoms with E-state index in [-0.39, 0.29) is 18.3 Å². The fourth-order valence-electron chi connectivity index (χ4n) is 3.30. The van der Waals surface area contributed by atoms with Gasteiger partial charge in [0.25, 0.3) is 0 Å². The molecule has 1 aliphatic heterocycles. The van der Waals surface area contributed by atoms with E-state index >= 15 is 0 Å². The molecule has 0 amide bonds. The molecule has 136 valence electrons.